The average Bonchev–Trinajstić information content (AvgIpc) is 2.61. The van der Waals surface area contributed by atoms with E-state index in [0.29, 0.717) is 33.6 Å². The van der Waals surface area contributed by atoms with Crippen LogP contribution in [-0.4, -0.2) is 36.9 Å². The van der Waals surface area contributed by atoms with Crippen LogP contribution in [0.1, 0.15) is 5.56 Å². The summed E-state index contributed by atoms with van der Waals surface area (Å²) in [5.41, 5.74) is -1.72. The third-order valence-corrected chi connectivity index (χ3v) is 3.33. The van der Waals surface area contributed by atoms with Crippen molar-refractivity contribution in [2.24, 2.45) is 0 Å². The van der Waals surface area contributed by atoms with Gasteiger partial charge in [0.25, 0.3) is 5.56 Å². The fourth-order valence-electron chi connectivity index (χ4n) is 2.16. The van der Waals surface area contributed by atoms with Gasteiger partial charge in [-0.15, -0.1) is 0 Å². The summed E-state index contributed by atoms with van der Waals surface area (Å²) in [5.74, 6) is -0.141. The van der Waals surface area contributed by atoms with E-state index in [4.69, 9.17) is 14.2 Å². The molecule has 1 amide bonds. The fraction of sp³-hybridized carbons (Fsp3) is 0.267. The van der Waals surface area contributed by atoms with Crippen LogP contribution in [0.3, 0.4) is 0 Å². The molecule has 9 nitrogen and oxygen atoms in total. The topological polar surface area (TPSA) is 112 Å². The summed E-state index contributed by atoms with van der Waals surface area (Å²) in [6.45, 7) is -0.0461. The van der Waals surface area contributed by atoms with Gasteiger partial charge < -0.3 is 19.5 Å². The molecule has 0 spiro atoms. The van der Waals surface area contributed by atoms with E-state index in [1.807, 2.05) is 0 Å². The summed E-state index contributed by atoms with van der Waals surface area (Å²) < 4.78 is 29.3. The summed E-state index contributed by atoms with van der Waals surface area (Å²) >= 11 is 0. The summed E-state index contributed by atoms with van der Waals surface area (Å²) in [4.78, 5) is 36.3. The van der Waals surface area contributed by atoms with E-state index >= 15 is 0 Å². The van der Waals surface area contributed by atoms with E-state index in [0.717, 1.165) is 0 Å². The highest BCUT2D eigenvalue weighted by atomic mass is 19.1. The van der Waals surface area contributed by atoms with Crippen molar-refractivity contribution in [3.8, 4) is 17.2 Å². The van der Waals surface area contributed by atoms with E-state index in [1.54, 1.807) is 17.1 Å². The van der Waals surface area contributed by atoms with Gasteiger partial charge in [0.2, 0.25) is 11.6 Å². The van der Waals surface area contributed by atoms with Gasteiger partial charge in [-0.1, -0.05) is 0 Å². The highest BCUT2D eigenvalue weighted by molar-refractivity contribution is 5.76. The molecular formula is C15H16FN3O6. The van der Waals surface area contributed by atoms with E-state index < -0.39 is 23.1 Å². The van der Waals surface area contributed by atoms with Gasteiger partial charge in [0, 0.05) is 12.1 Å². The molecule has 0 aliphatic rings. The van der Waals surface area contributed by atoms with Crippen molar-refractivity contribution in [3.63, 3.8) is 0 Å². The lowest BCUT2D eigenvalue weighted by Gasteiger charge is -2.16. The number of rotatable bonds is 5. The Bertz CT molecular complexity index is 905. The van der Waals surface area contributed by atoms with Crippen molar-refractivity contribution in [2.45, 2.75) is 6.54 Å². The van der Waals surface area contributed by atoms with Gasteiger partial charge in [-0.2, -0.15) is 4.39 Å². The molecule has 1 aromatic heterocycles. The van der Waals surface area contributed by atoms with Crippen molar-refractivity contribution in [1.82, 2.24) is 14.9 Å². The number of methoxy groups -OCH3 is 3. The largest absolute Gasteiger partial charge is 0.493 e. The molecule has 0 fully saturated rings. The first-order valence-corrected chi connectivity index (χ1v) is 7.00. The van der Waals surface area contributed by atoms with Crippen LogP contribution in [0.25, 0.3) is 0 Å². The normalized spacial score (nSPS) is 10.2. The van der Waals surface area contributed by atoms with Crippen molar-refractivity contribution in [3.05, 3.63) is 50.5 Å². The molecule has 25 heavy (non-hydrogen) atoms. The molecule has 2 N–H and O–H groups in total. The van der Waals surface area contributed by atoms with Gasteiger partial charge in [-0.25, -0.2) is 14.2 Å². The van der Waals surface area contributed by atoms with Crippen LogP contribution in [0, 0.1) is 5.82 Å². The van der Waals surface area contributed by atoms with Crippen LogP contribution in [0.15, 0.2) is 27.9 Å². The second-order valence-electron chi connectivity index (χ2n) is 4.76. The van der Waals surface area contributed by atoms with Gasteiger partial charge >= 0.3 is 11.7 Å². The monoisotopic (exact) mass is 353 g/mol. The maximum absolute atomic E-state index is 13.2. The number of hydrogen-bond donors (Lipinski definition) is 2. The van der Waals surface area contributed by atoms with Gasteiger partial charge in [-0.3, -0.25) is 9.78 Å². The second-order valence-corrected chi connectivity index (χ2v) is 4.76. The van der Waals surface area contributed by atoms with E-state index in [9.17, 15) is 18.8 Å². The van der Waals surface area contributed by atoms with E-state index in [-0.39, 0.29) is 6.54 Å². The first kappa shape index (κ1) is 18.0. The third kappa shape index (κ3) is 3.62. The van der Waals surface area contributed by atoms with Gasteiger partial charge in [0.05, 0.1) is 27.5 Å². The Morgan fingerprint density at radius 1 is 1.16 bits per heavy atom. The van der Waals surface area contributed by atoms with Crippen molar-refractivity contribution >= 4 is 6.03 Å². The molecule has 0 saturated carbocycles. The second kappa shape index (κ2) is 7.51. The standard InChI is InChI=1S/C15H16FN3O6/c1-23-10-5-4-8(11(24-2)12(10)25-3)6-17-14(21)19-7-9(16)13(20)18-15(19)22/h4-5,7H,6H2,1-3H3,(H,17,21)(H,18,20,22). The first-order valence-electron chi connectivity index (χ1n) is 7.00. The molecule has 2 rings (SSSR count). The minimum atomic E-state index is -1.25. The van der Waals surface area contributed by atoms with Gasteiger partial charge in [0.1, 0.15) is 0 Å². The zero-order valence-corrected chi connectivity index (χ0v) is 13.7. The molecule has 0 aliphatic heterocycles. The third-order valence-electron chi connectivity index (χ3n) is 3.33. The molecular weight excluding hydrogens is 337 g/mol. The number of amides is 1. The molecule has 1 aromatic carbocycles. The molecule has 134 valence electrons. The van der Waals surface area contributed by atoms with Crippen LogP contribution >= 0.6 is 0 Å². The predicted octanol–water partition coefficient (Wildman–Crippen LogP) is 0.459. The Labute approximate surface area is 141 Å². The maximum atomic E-state index is 13.2. The minimum Gasteiger partial charge on any atom is -0.493 e. The number of H-pyrrole nitrogens is 1. The molecule has 2 aromatic rings. The quantitative estimate of drug-likeness (QED) is 0.808. The minimum absolute atomic E-state index is 0.0461. The summed E-state index contributed by atoms with van der Waals surface area (Å²) in [6.07, 6.45) is 0.516. The number of carbonyl (C=O) groups is 1. The highest BCUT2D eigenvalue weighted by Crippen LogP contribution is 2.39. The smallest absolute Gasteiger partial charge is 0.336 e. The molecule has 0 radical (unpaired) electrons. The number of hydrogen-bond acceptors (Lipinski definition) is 6. The molecule has 1 heterocycles. The zero-order valence-electron chi connectivity index (χ0n) is 13.7. The lowest BCUT2D eigenvalue weighted by atomic mass is 10.1. The molecule has 0 atom stereocenters. The Balaban J connectivity index is 2.27. The van der Waals surface area contributed by atoms with Crippen molar-refractivity contribution in [1.29, 1.82) is 0 Å². The Morgan fingerprint density at radius 3 is 2.44 bits per heavy atom. The number of nitrogens with one attached hydrogen (secondary N) is 2. The summed E-state index contributed by atoms with van der Waals surface area (Å²) in [6, 6.07) is 2.34. The molecule has 0 aliphatic carbocycles. The van der Waals surface area contributed by atoms with E-state index in [2.05, 4.69) is 5.32 Å². The van der Waals surface area contributed by atoms with Crippen molar-refractivity contribution < 1.29 is 23.4 Å². The number of nitrogens with zero attached hydrogens (tertiary/aromatic N) is 1. The molecule has 0 unspecified atom stereocenters. The molecule has 0 saturated heterocycles. The number of benzene rings is 1. The Morgan fingerprint density at radius 2 is 1.84 bits per heavy atom. The van der Waals surface area contributed by atoms with Crippen LogP contribution in [0.4, 0.5) is 9.18 Å². The van der Waals surface area contributed by atoms with Crippen LogP contribution in [-0.2, 0) is 6.54 Å². The number of aromatic amines is 1. The van der Waals surface area contributed by atoms with Crippen molar-refractivity contribution in [2.75, 3.05) is 21.3 Å². The lowest BCUT2D eigenvalue weighted by molar-refractivity contribution is 0.240. The first-order chi connectivity index (χ1) is 11.9. The predicted molar refractivity (Wildman–Crippen MR) is 85.0 cm³/mol. The van der Waals surface area contributed by atoms with Crippen LogP contribution in [0.5, 0.6) is 17.2 Å². The Kier molecular flexibility index (Phi) is 5.42. The number of aromatic nitrogens is 2. The lowest BCUT2D eigenvalue weighted by Crippen LogP contribution is -2.40. The van der Waals surface area contributed by atoms with E-state index in [1.165, 1.54) is 21.3 Å². The number of ether oxygens (including phenoxy) is 3. The molecule has 10 heteroatoms. The SMILES string of the molecule is COc1ccc(CNC(=O)n2cc(F)c(=O)[nH]c2=O)c(OC)c1OC. The Hall–Kier alpha value is -3.30. The average molecular weight is 353 g/mol. The number of carbonyl (C=O) groups excluding carboxylic acids is 1. The summed E-state index contributed by atoms with van der Waals surface area (Å²) in [5, 5.41) is 2.43. The van der Waals surface area contributed by atoms with Crippen LogP contribution < -0.4 is 30.8 Å². The molecule has 0 bridgehead atoms. The maximum Gasteiger partial charge on any atom is 0.336 e. The van der Waals surface area contributed by atoms with Crippen LogP contribution in [0.2, 0.25) is 0 Å². The summed E-state index contributed by atoms with van der Waals surface area (Å²) in [7, 11) is 4.33. The number of halogens is 1. The van der Waals surface area contributed by atoms with Gasteiger partial charge in [-0.05, 0) is 12.1 Å². The van der Waals surface area contributed by atoms with Gasteiger partial charge in [0.15, 0.2) is 11.5 Å². The fourth-order valence-corrected chi connectivity index (χ4v) is 2.16. The zero-order chi connectivity index (χ0) is 18.6. The highest BCUT2D eigenvalue weighted by Gasteiger charge is 2.17.